The maximum absolute atomic E-state index is 5.68. The van der Waals surface area contributed by atoms with E-state index in [-0.39, 0.29) is 6.04 Å². The van der Waals surface area contributed by atoms with Crippen LogP contribution in [-0.2, 0) is 0 Å². The number of aryl methyl sites for hydroxylation is 3. The van der Waals surface area contributed by atoms with E-state index in [4.69, 9.17) is 4.42 Å². The van der Waals surface area contributed by atoms with Gasteiger partial charge in [0.25, 0.3) is 0 Å². The number of benzene rings is 1. The van der Waals surface area contributed by atoms with E-state index < -0.39 is 0 Å². The first kappa shape index (κ1) is 14.4. The summed E-state index contributed by atoms with van der Waals surface area (Å²) in [6.07, 6.45) is 0. The molecule has 0 amide bonds. The van der Waals surface area contributed by atoms with Gasteiger partial charge in [-0.2, -0.15) is 0 Å². The van der Waals surface area contributed by atoms with Crippen LogP contribution in [0.3, 0.4) is 0 Å². The zero-order chi connectivity index (χ0) is 14.0. The SMILES string of the molecule is CCNC(c1cc(Br)ccc1C)c1cc(C)oc1C. The summed E-state index contributed by atoms with van der Waals surface area (Å²) in [5.41, 5.74) is 3.80. The van der Waals surface area contributed by atoms with E-state index in [1.165, 1.54) is 16.7 Å². The molecular formula is C16H20BrNO. The number of rotatable bonds is 4. The number of hydrogen-bond acceptors (Lipinski definition) is 2. The Balaban J connectivity index is 2.51. The third-order valence-corrected chi connectivity index (χ3v) is 3.84. The Hall–Kier alpha value is -1.06. The highest BCUT2D eigenvalue weighted by Gasteiger charge is 2.20. The minimum Gasteiger partial charge on any atom is -0.466 e. The molecule has 2 nitrogen and oxygen atoms in total. The molecule has 1 N–H and O–H groups in total. The Bertz CT molecular complexity index is 574. The van der Waals surface area contributed by atoms with Crippen LogP contribution in [-0.4, -0.2) is 6.54 Å². The molecule has 0 bridgehead atoms. The van der Waals surface area contributed by atoms with E-state index in [0.717, 1.165) is 22.5 Å². The van der Waals surface area contributed by atoms with E-state index in [2.05, 4.69) is 59.4 Å². The predicted octanol–water partition coefficient (Wildman–Crippen LogP) is 4.67. The zero-order valence-corrected chi connectivity index (χ0v) is 13.5. The lowest BCUT2D eigenvalue weighted by Crippen LogP contribution is -2.23. The molecule has 1 heterocycles. The fraction of sp³-hybridized carbons (Fsp3) is 0.375. The topological polar surface area (TPSA) is 25.2 Å². The second-order valence-corrected chi connectivity index (χ2v) is 5.78. The first-order chi connectivity index (χ1) is 9.02. The van der Waals surface area contributed by atoms with Crippen LogP contribution < -0.4 is 5.32 Å². The second-order valence-electron chi connectivity index (χ2n) is 4.86. The summed E-state index contributed by atoms with van der Waals surface area (Å²) in [6, 6.07) is 8.72. The van der Waals surface area contributed by atoms with Gasteiger partial charge >= 0.3 is 0 Å². The number of hydrogen-bond donors (Lipinski definition) is 1. The monoisotopic (exact) mass is 321 g/mol. The van der Waals surface area contributed by atoms with Crippen molar-refractivity contribution >= 4 is 15.9 Å². The summed E-state index contributed by atoms with van der Waals surface area (Å²) >= 11 is 3.56. The standard InChI is InChI=1S/C16H20BrNO/c1-5-18-16(15-8-11(3)19-12(15)4)14-9-13(17)7-6-10(14)2/h6-9,16,18H,5H2,1-4H3. The summed E-state index contributed by atoms with van der Waals surface area (Å²) in [4.78, 5) is 0. The van der Waals surface area contributed by atoms with Crippen molar-refractivity contribution in [1.82, 2.24) is 5.32 Å². The van der Waals surface area contributed by atoms with Gasteiger partial charge < -0.3 is 9.73 Å². The molecule has 0 fully saturated rings. The van der Waals surface area contributed by atoms with Gasteiger partial charge in [0, 0.05) is 10.0 Å². The van der Waals surface area contributed by atoms with Gasteiger partial charge in [0.05, 0.1) is 6.04 Å². The summed E-state index contributed by atoms with van der Waals surface area (Å²) in [7, 11) is 0. The molecule has 0 spiro atoms. The second kappa shape index (κ2) is 5.93. The molecular weight excluding hydrogens is 302 g/mol. The number of halogens is 1. The average Bonchev–Trinajstić information content (AvgIpc) is 2.69. The molecule has 1 aromatic carbocycles. The molecule has 19 heavy (non-hydrogen) atoms. The first-order valence-electron chi connectivity index (χ1n) is 6.59. The van der Waals surface area contributed by atoms with Crippen LogP contribution in [0.1, 0.15) is 41.2 Å². The van der Waals surface area contributed by atoms with Crippen molar-refractivity contribution < 1.29 is 4.42 Å². The molecule has 1 aromatic heterocycles. The van der Waals surface area contributed by atoms with E-state index >= 15 is 0 Å². The summed E-state index contributed by atoms with van der Waals surface area (Å²) in [6.45, 7) is 9.21. The van der Waals surface area contributed by atoms with E-state index in [0.29, 0.717) is 0 Å². The Labute approximate surface area is 123 Å². The van der Waals surface area contributed by atoms with Crippen molar-refractivity contribution in [3.63, 3.8) is 0 Å². The van der Waals surface area contributed by atoms with Gasteiger partial charge in [-0.25, -0.2) is 0 Å². The summed E-state index contributed by atoms with van der Waals surface area (Å²) in [5.74, 6) is 1.95. The van der Waals surface area contributed by atoms with Crippen molar-refractivity contribution in [3.05, 3.63) is 56.9 Å². The molecule has 0 aliphatic carbocycles. The molecule has 2 aromatic rings. The molecule has 0 aliphatic heterocycles. The highest BCUT2D eigenvalue weighted by atomic mass is 79.9. The predicted molar refractivity (Wildman–Crippen MR) is 82.6 cm³/mol. The minimum absolute atomic E-state index is 0.181. The summed E-state index contributed by atoms with van der Waals surface area (Å²) in [5, 5.41) is 3.56. The first-order valence-corrected chi connectivity index (χ1v) is 7.38. The Morgan fingerprint density at radius 3 is 2.47 bits per heavy atom. The Kier molecular flexibility index (Phi) is 4.48. The van der Waals surface area contributed by atoms with Crippen molar-refractivity contribution in [2.45, 2.75) is 33.7 Å². The molecule has 102 valence electrons. The molecule has 0 saturated heterocycles. The third-order valence-electron chi connectivity index (χ3n) is 3.35. The lowest BCUT2D eigenvalue weighted by molar-refractivity contribution is 0.495. The molecule has 0 saturated carbocycles. The van der Waals surface area contributed by atoms with Gasteiger partial charge in [-0.3, -0.25) is 0 Å². The van der Waals surface area contributed by atoms with E-state index in [1.54, 1.807) is 0 Å². The van der Waals surface area contributed by atoms with Crippen molar-refractivity contribution in [2.24, 2.45) is 0 Å². The van der Waals surface area contributed by atoms with Crippen LogP contribution in [0.15, 0.2) is 33.2 Å². The molecule has 2 rings (SSSR count). The largest absolute Gasteiger partial charge is 0.466 e. The van der Waals surface area contributed by atoms with Crippen LogP contribution in [0.5, 0.6) is 0 Å². The van der Waals surface area contributed by atoms with Crippen LogP contribution in [0.4, 0.5) is 0 Å². The lowest BCUT2D eigenvalue weighted by atomic mass is 9.95. The number of nitrogens with one attached hydrogen (secondary N) is 1. The Morgan fingerprint density at radius 2 is 1.89 bits per heavy atom. The van der Waals surface area contributed by atoms with Gasteiger partial charge in [-0.05, 0) is 56.6 Å². The third kappa shape index (κ3) is 3.10. The van der Waals surface area contributed by atoms with Crippen molar-refractivity contribution in [3.8, 4) is 0 Å². The Morgan fingerprint density at radius 1 is 1.16 bits per heavy atom. The van der Waals surface area contributed by atoms with Gasteiger partial charge in [-0.1, -0.05) is 28.9 Å². The zero-order valence-electron chi connectivity index (χ0n) is 11.9. The fourth-order valence-electron chi connectivity index (χ4n) is 2.45. The maximum Gasteiger partial charge on any atom is 0.106 e. The molecule has 0 aliphatic rings. The van der Waals surface area contributed by atoms with Gasteiger partial charge in [0.15, 0.2) is 0 Å². The van der Waals surface area contributed by atoms with Gasteiger partial charge in [-0.15, -0.1) is 0 Å². The van der Waals surface area contributed by atoms with Crippen LogP contribution >= 0.6 is 15.9 Å². The van der Waals surface area contributed by atoms with Crippen LogP contribution in [0, 0.1) is 20.8 Å². The molecule has 1 atom stereocenters. The van der Waals surface area contributed by atoms with Gasteiger partial charge in [0.2, 0.25) is 0 Å². The fourth-order valence-corrected chi connectivity index (χ4v) is 2.83. The highest BCUT2D eigenvalue weighted by Crippen LogP contribution is 2.31. The molecule has 3 heteroatoms. The molecule has 1 unspecified atom stereocenters. The van der Waals surface area contributed by atoms with Gasteiger partial charge in [0.1, 0.15) is 11.5 Å². The van der Waals surface area contributed by atoms with Crippen LogP contribution in [0.2, 0.25) is 0 Å². The van der Waals surface area contributed by atoms with E-state index in [1.807, 2.05) is 13.8 Å². The lowest BCUT2D eigenvalue weighted by Gasteiger charge is -2.20. The minimum atomic E-state index is 0.181. The summed E-state index contributed by atoms with van der Waals surface area (Å²) < 4.78 is 6.79. The maximum atomic E-state index is 5.68. The quantitative estimate of drug-likeness (QED) is 0.885. The highest BCUT2D eigenvalue weighted by molar-refractivity contribution is 9.10. The average molecular weight is 322 g/mol. The number of furan rings is 1. The van der Waals surface area contributed by atoms with Crippen LogP contribution in [0.25, 0.3) is 0 Å². The van der Waals surface area contributed by atoms with Crippen molar-refractivity contribution in [1.29, 1.82) is 0 Å². The normalized spacial score (nSPS) is 12.7. The van der Waals surface area contributed by atoms with Crippen molar-refractivity contribution in [2.75, 3.05) is 6.54 Å². The smallest absolute Gasteiger partial charge is 0.106 e. The molecule has 0 radical (unpaired) electrons. The van der Waals surface area contributed by atoms with E-state index in [9.17, 15) is 0 Å².